The Kier molecular flexibility index (Phi) is 9.61. The van der Waals surface area contributed by atoms with Crippen LogP contribution >= 0.6 is 12.6 Å². The summed E-state index contributed by atoms with van der Waals surface area (Å²) in [4.78, 5) is 9.82. The van der Waals surface area contributed by atoms with Crippen molar-refractivity contribution >= 4 is 30.9 Å². The number of aromatic nitrogens is 2. The SMILES string of the molecule is C=N/N=C(/C1CC(C)C1)N(CN)c1c(C)cccc1O.Cc1cnc(C(O)C(C)S)nc1. The van der Waals surface area contributed by atoms with Gasteiger partial charge in [-0.05, 0) is 49.8 Å². The normalized spacial score (nSPS) is 19.8. The van der Waals surface area contributed by atoms with E-state index in [1.807, 2.05) is 30.9 Å². The molecule has 0 amide bonds. The number of para-hydroxylation sites is 1. The molecule has 0 saturated heterocycles. The van der Waals surface area contributed by atoms with Crippen LogP contribution in [0.5, 0.6) is 5.75 Å². The molecule has 0 spiro atoms. The fourth-order valence-electron chi connectivity index (χ4n) is 3.61. The van der Waals surface area contributed by atoms with Crippen LogP contribution in [0, 0.1) is 25.7 Å². The van der Waals surface area contributed by atoms with Crippen LogP contribution in [0.3, 0.4) is 0 Å². The van der Waals surface area contributed by atoms with E-state index in [4.69, 9.17) is 5.73 Å². The molecule has 174 valence electrons. The Hall–Kier alpha value is -2.49. The molecule has 2 aromatic rings. The Morgan fingerprint density at radius 3 is 2.41 bits per heavy atom. The van der Waals surface area contributed by atoms with Crippen LogP contribution in [-0.2, 0) is 0 Å². The molecule has 0 aliphatic heterocycles. The van der Waals surface area contributed by atoms with Crippen LogP contribution in [0.4, 0.5) is 5.69 Å². The first-order valence-electron chi connectivity index (χ1n) is 10.6. The number of hydrogen-bond donors (Lipinski definition) is 4. The van der Waals surface area contributed by atoms with Gasteiger partial charge in [-0.15, -0.1) is 5.10 Å². The molecule has 1 aliphatic carbocycles. The molecule has 1 heterocycles. The Morgan fingerprint density at radius 1 is 1.31 bits per heavy atom. The lowest BCUT2D eigenvalue weighted by atomic mass is 9.75. The number of anilines is 1. The molecule has 1 aromatic heterocycles. The molecule has 2 atom stereocenters. The second-order valence-corrected chi connectivity index (χ2v) is 9.04. The number of rotatable bonds is 6. The molecule has 3 rings (SSSR count). The predicted octanol–water partition coefficient (Wildman–Crippen LogP) is 3.62. The summed E-state index contributed by atoms with van der Waals surface area (Å²) in [5.74, 6) is 2.46. The molecule has 0 radical (unpaired) electrons. The van der Waals surface area contributed by atoms with Crippen molar-refractivity contribution in [1.29, 1.82) is 0 Å². The average molecular weight is 459 g/mol. The zero-order valence-electron chi connectivity index (χ0n) is 19.2. The van der Waals surface area contributed by atoms with Gasteiger partial charge in [0, 0.05) is 30.3 Å². The van der Waals surface area contributed by atoms with Crippen LogP contribution in [-0.4, -0.2) is 44.7 Å². The largest absolute Gasteiger partial charge is 0.506 e. The fourth-order valence-corrected chi connectivity index (χ4v) is 3.74. The van der Waals surface area contributed by atoms with Gasteiger partial charge in [0.05, 0.1) is 12.4 Å². The summed E-state index contributed by atoms with van der Waals surface area (Å²) < 4.78 is 0. The number of amidine groups is 1. The third-order valence-corrected chi connectivity index (χ3v) is 5.66. The van der Waals surface area contributed by atoms with E-state index in [1.54, 1.807) is 25.4 Å². The highest BCUT2D eigenvalue weighted by atomic mass is 32.1. The number of nitrogens with two attached hydrogens (primary N) is 1. The van der Waals surface area contributed by atoms with E-state index in [-0.39, 0.29) is 17.7 Å². The van der Waals surface area contributed by atoms with Crippen LogP contribution in [0.25, 0.3) is 0 Å². The van der Waals surface area contributed by atoms with Crippen molar-refractivity contribution in [3.05, 3.63) is 47.5 Å². The molecule has 4 N–H and O–H groups in total. The van der Waals surface area contributed by atoms with Crippen LogP contribution in [0.1, 0.15) is 49.7 Å². The number of phenols is 1. The molecular weight excluding hydrogens is 424 g/mol. The minimum Gasteiger partial charge on any atom is -0.506 e. The van der Waals surface area contributed by atoms with E-state index in [0.717, 1.165) is 29.8 Å². The monoisotopic (exact) mass is 458 g/mol. The molecule has 1 aromatic carbocycles. The van der Waals surface area contributed by atoms with E-state index >= 15 is 0 Å². The van der Waals surface area contributed by atoms with Crippen molar-refractivity contribution in [2.75, 3.05) is 11.6 Å². The Morgan fingerprint density at radius 2 is 1.94 bits per heavy atom. The Labute approximate surface area is 195 Å². The van der Waals surface area contributed by atoms with Gasteiger partial charge in [0.25, 0.3) is 0 Å². The minimum atomic E-state index is -0.686. The standard InChI is InChI=1S/C15H22N4O.C8H12N2OS/c1-10-7-12(8-10)15(18-17-3)19(9-16)14-11(2)5-4-6-13(14)20;1-5-3-9-8(10-4-5)7(11)6(2)12/h4-6,10,12,20H,3,7-9,16H2,1-2H3;3-4,6-7,11-12H,1-2H3/b18-15-;. The molecule has 9 heteroatoms. The summed E-state index contributed by atoms with van der Waals surface area (Å²) in [6.45, 7) is 11.6. The number of aliphatic hydroxyl groups excluding tert-OH is 1. The summed E-state index contributed by atoms with van der Waals surface area (Å²) in [7, 11) is 0. The van der Waals surface area contributed by atoms with Crippen molar-refractivity contribution in [3.8, 4) is 5.75 Å². The predicted molar refractivity (Wildman–Crippen MR) is 133 cm³/mol. The van der Waals surface area contributed by atoms with Gasteiger partial charge in [-0.1, -0.05) is 26.0 Å². The van der Waals surface area contributed by atoms with Gasteiger partial charge in [0.15, 0.2) is 5.82 Å². The van der Waals surface area contributed by atoms with E-state index in [2.05, 4.69) is 46.4 Å². The van der Waals surface area contributed by atoms with Crippen LogP contribution in [0.15, 0.2) is 40.8 Å². The first-order chi connectivity index (χ1) is 15.2. The summed E-state index contributed by atoms with van der Waals surface area (Å²) in [6, 6.07) is 5.42. The molecule has 0 bridgehead atoms. The third kappa shape index (κ3) is 6.51. The Balaban J connectivity index is 0.000000258. The minimum absolute atomic E-state index is 0.146. The van der Waals surface area contributed by atoms with Gasteiger partial charge in [-0.3, -0.25) is 0 Å². The lowest BCUT2D eigenvalue weighted by Gasteiger charge is -2.38. The number of aryl methyl sites for hydroxylation is 2. The molecule has 2 unspecified atom stereocenters. The van der Waals surface area contributed by atoms with Gasteiger partial charge in [0.2, 0.25) is 0 Å². The quantitative estimate of drug-likeness (QED) is 0.173. The number of nitrogens with zero attached hydrogens (tertiary/aromatic N) is 5. The smallest absolute Gasteiger partial charge is 0.157 e. The lowest BCUT2D eigenvalue weighted by molar-refractivity contribution is 0.170. The van der Waals surface area contributed by atoms with Crippen LogP contribution < -0.4 is 10.6 Å². The zero-order valence-corrected chi connectivity index (χ0v) is 20.1. The second-order valence-electron chi connectivity index (χ2n) is 8.23. The van der Waals surface area contributed by atoms with E-state index in [1.165, 1.54) is 0 Å². The summed E-state index contributed by atoms with van der Waals surface area (Å²) >= 11 is 4.10. The van der Waals surface area contributed by atoms with Crippen molar-refractivity contribution < 1.29 is 10.2 Å². The topological polar surface area (TPSA) is 120 Å². The molecule has 32 heavy (non-hydrogen) atoms. The van der Waals surface area contributed by atoms with Gasteiger partial charge < -0.3 is 20.8 Å². The number of hydrogen-bond acceptors (Lipinski definition) is 8. The van der Waals surface area contributed by atoms with E-state index < -0.39 is 6.10 Å². The summed E-state index contributed by atoms with van der Waals surface area (Å²) in [5.41, 5.74) is 8.54. The maximum atomic E-state index is 10.1. The highest BCUT2D eigenvalue weighted by Crippen LogP contribution is 2.38. The maximum absolute atomic E-state index is 10.1. The summed E-state index contributed by atoms with van der Waals surface area (Å²) in [5, 5.41) is 27.3. The second kappa shape index (κ2) is 11.9. The lowest BCUT2D eigenvalue weighted by Crippen LogP contribution is -2.44. The Bertz CT molecular complexity index is 893. The van der Waals surface area contributed by atoms with E-state index in [0.29, 0.717) is 23.3 Å². The number of benzene rings is 1. The zero-order chi connectivity index (χ0) is 23.8. The first-order valence-corrected chi connectivity index (χ1v) is 11.2. The van der Waals surface area contributed by atoms with Crippen molar-refractivity contribution in [2.24, 2.45) is 27.8 Å². The molecule has 1 saturated carbocycles. The third-order valence-electron chi connectivity index (χ3n) is 5.38. The number of aliphatic hydroxyl groups is 1. The van der Waals surface area contributed by atoms with Crippen LogP contribution in [0.2, 0.25) is 0 Å². The number of phenolic OH excluding ortho intramolecular Hbond substituents is 1. The average Bonchev–Trinajstić information content (AvgIpc) is 2.73. The molecule has 8 nitrogen and oxygen atoms in total. The highest BCUT2D eigenvalue weighted by Gasteiger charge is 2.34. The van der Waals surface area contributed by atoms with Crippen molar-refractivity contribution in [1.82, 2.24) is 9.97 Å². The first kappa shape index (κ1) is 25.8. The van der Waals surface area contributed by atoms with Gasteiger partial charge >= 0.3 is 0 Å². The van der Waals surface area contributed by atoms with E-state index in [9.17, 15) is 10.2 Å². The van der Waals surface area contributed by atoms with Crippen molar-refractivity contribution in [3.63, 3.8) is 0 Å². The molecule has 1 fully saturated rings. The maximum Gasteiger partial charge on any atom is 0.157 e. The summed E-state index contributed by atoms with van der Waals surface area (Å²) in [6.07, 6.45) is 4.81. The van der Waals surface area contributed by atoms with Gasteiger partial charge in [-0.2, -0.15) is 17.7 Å². The number of aromatic hydroxyl groups is 1. The molecule has 1 aliphatic rings. The fraction of sp³-hybridized carbons (Fsp3) is 0.478. The van der Waals surface area contributed by atoms with Gasteiger partial charge in [-0.25, -0.2) is 9.97 Å². The van der Waals surface area contributed by atoms with Crippen molar-refractivity contribution in [2.45, 2.75) is 51.9 Å². The number of thiol groups is 1. The van der Waals surface area contributed by atoms with Gasteiger partial charge in [0.1, 0.15) is 17.7 Å². The molecular formula is C23H34N6O2S. The highest BCUT2D eigenvalue weighted by molar-refractivity contribution is 7.80.